The number of hydrogen-bond acceptors (Lipinski definition) is 3. The Kier molecular flexibility index (Phi) is 3.87. The summed E-state index contributed by atoms with van der Waals surface area (Å²) in [5.74, 6) is -0.974. The largest absolute Gasteiger partial charge is 0.333 e. The van der Waals surface area contributed by atoms with Crippen molar-refractivity contribution in [3.63, 3.8) is 0 Å². The first-order chi connectivity index (χ1) is 10.5. The monoisotopic (exact) mass is 305 g/mol. The molecule has 0 bridgehead atoms. The summed E-state index contributed by atoms with van der Waals surface area (Å²) in [6.07, 6.45) is 0.905. The fraction of sp³-hybridized carbons (Fsp3) is 0.500. The fourth-order valence-corrected chi connectivity index (χ4v) is 3.03. The van der Waals surface area contributed by atoms with Gasteiger partial charge in [0.1, 0.15) is 5.82 Å². The SMILES string of the molecule is CC1CN(C(=O)c2cc3c(cc2F)NC(=O)CC3)C(C)CN1. The number of halogens is 1. The van der Waals surface area contributed by atoms with E-state index in [0.29, 0.717) is 31.6 Å². The van der Waals surface area contributed by atoms with Gasteiger partial charge in [0.2, 0.25) is 5.91 Å². The predicted octanol–water partition coefficient (Wildman–Crippen LogP) is 1.53. The minimum absolute atomic E-state index is 0.0267. The van der Waals surface area contributed by atoms with Crippen LogP contribution in [0.5, 0.6) is 0 Å². The maximum atomic E-state index is 14.3. The molecule has 0 saturated carbocycles. The Balaban J connectivity index is 1.91. The second kappa shape index (κ2) is 5.68. The van der Waals surface area contributed by atoms with Gasteiger partial charge in [-0.2, -0.15) is 0 Å². The van der Waals surface area contributed by atoms with Crippen LogP contribution in [-0.4, -0.2) is 41.9 Å². The Morgan fingerprint density at radius 1 is 1.32 bits per heavy atom. The van der Waals surface area contributed by atoms with Crippen LogP contribution in [0, 0.1) is 5.82 Å². The fourth-order valence-electron chi connectivity index (χ4n) is 3.03. The Bertz CT molecular complexity index is 632. The van der Waals surface area contributed by atoms with E-state index < -0.39 is 5.82 Å². The van der Waals surface area contributed by atoms with E-state index in [1.165, 1.54) is 6.07 Å². The molecule has 2 amide bonds. The standard InChI is InChI=1S/C16H20FN3O2/c1-9-8-20(10(2)7-18-9)16(22)12-5-11-3-4-15(21)19-14(11)6-13(12)17/h5-6,9-10,18H,3-4,7-8H2,1-2H3,(H,19,21). The molecule has 3 rings (SSSR count). The van der Waals surface area contributed by atoms with Crippen molar-refractivity contribution in [2.45, 2.75) is 38.8 Å². The zero-order chi connectivity index (χ0) is 15.9. The molecule has 0 radical (unpaired) electrons. The number of carbonyl (C=O) groups is 2. The molecule has 0 aliphatic carbocycles. The smallest absolute Gasteiger partial charge is 0.257 e. The summed E-state index contributed by atoms with van der Waals surface area (Å²) in [5.41, 5.74) is 1.39. The van der Waals surface area contributed by atoms with Gasteiger partial charge in [0, 0.05) is 37.3 Å². The topological polar surface area (TPSA) is 61.4 Å². The molecular weight excluding hydrogens is 285 g/mol. The number of amides is 2. The summed E-state index contributed by atoms with van der Waals surface area (Å²) in [6.45, 7) is 5.22. The molecule has 2 atom stereocenters. The van der Waals surface area contributed by atoms with Crippen molar-refractivity contribution in [3.8, 4) is 0 Å². The van der Waals surface area contributed by atoms with E-state index in [-0.39, 0.29) is 29.5 Å². The summed E-state index contributed by atoms with van der Waals surface area (Å²) >= 11 is 0. The van der Waals surface area contributed by atoms with Gasteiger partial charge in [0.25, 0.3) is 5.91 Å². The average molecular weight is 305 g/mol. The van der Waals surface area contributed by atoms with E-state index in [2.05, 4.69) is 10.6 Å². The van der Waals surface area contributed by atoms with Gasteiger partial charge in [-0.3, -0.25) is 9.59 Å². The number of fused-ring (bicyclic) bond motifs is 1. The van der Waals surface area contributed by atoms with Gasteiger partial charge in [-0.25, -0.2) is 4.39 Å². The van der Waals surface area contributed by atoms with Crippen molar-refractivity contribution in [3.05, 3.63) is 29.1 Å². The van der Waals surface area contributed by atoms with Gasteiger partial charge >= 0.3 is 0 Å². The van der Waals surface area contributed by atoms with E-state index in [9.17, 15) is 14.0 Å². The van der Waals surface area contributed by atoms with Crippen LogP contribution in [0.1, 0.15) is 36.2 Å². The summed E-state index contributed by atoms with van der Waals surface area (Å²) in [7, 11) is 0. The Morgan fingerprint density at radius 2 is 2.09 bits per heavy atom. The number of benzene rings is 1. The number of nitrogens with zero attached hydrogens (tertiary/aromatic N) is 1. The van der Waals surface area contributed by atoms with Gasteiger partial charge in [0.15, 0.2) is 0 Å². The lowest BCUT2D eigenvalue weighted by molar-refractivity contribution is -0.116. The normalized spacial score (nSPS) is 24.7. The highest BCUT2D eigenvalue weighted by molar-refractivity contribution is 5.98. The molecular formula is C16H20FN3O2. The molecule has 22 heavy (non-hydrogen) atoms. The van der Waals surface area contributed by atoms with Crippen LogP contribution in [0.25, 0.3) is 0 Å². The number of carbonyl (C=O) groups excluding carboxylic acids is 2. The highest BCUT2D eigenvalue weighted by Gasteiger charge is 2.30. The van der Waals surface area contributed by atoms with Crippen LogP contribution >= 0.6 is 0 Å². The lowest BCUT2D eigenvalue weighted by Crippen LogP contribution is -2.56. The van der Waals surface area contributed by atoms with E-state index in [4.69, 9.17) is 0 Å². The number of piperazine rings is 1. The highest BCUT2D eigenvalue weighted by atomic mass is 19.1. The third kappa shape index (κ3) is 2.70. The molecule has 0 spiro atoms. The molecule has 1 aromatic rings. The number of rotatable bonds is 1. The van der Waals surface area contributed by atoms with Crippen molar-refractivity contribution in [2.75, 3.05) is 18.4 Å². The molecule has 2 unspecified atom stereocenters. The minimum atomic E-state index is -0.579. The second-order valence-electron chi connectivity index (χ2n) is 6.15. The Morgan fingerprint density at radius 3 is 2.86 bits per heavy atom. The summed E-state index contributed by atoms with van der Waals surface area (Å²) in [6, 6.07) is 3.07. The molecule has 5 nitrogen and oxygen atoms in total. The summed E-state index contributed by atoms with van der Waals surface area (Å²) in [4.78, 5) is 25.8. The summed E-state index contributed by atoms with van der Waals surface area (Å²) in [5, 5.41) is 5.95. The maximum absolute atomic E-state index is 14.3. The van der Waals surface area contributed by atoms with Crippen LogP contribution in [0.15, 0.2) is 12.1 Å². The van der Waals surface area contributed by atoms with Gasteiger partial charge < -0.3 is 15.5 Å². The van der Waals surface area contributed by atoms with Crippen LogP contribution in [0.2, 0.25) is 0 Å². The van der Waals surface area contributed by atoms with Crippen LogP contribution in [0.4, 0.5) is 10.1 Å². The van der Waals surface area contributed by atoms with Gasteiger partial charge in [-0.05, 0) is 38.0 Å². The van der Waals surface area contributed by atoms with E-state index in [1.54, 1.807) is 11.0 Å². The highest BCUT2D eigenvalue weighted by Crippen LogP contribution is 2.27. The quantitative estimate of drug-likeness (QED) is 0.827. The molecule has 1 saturated heterocycles. The summed E-state index contributed by atoms with van der Waals surface area (Å²) < 4.78 is 14.3. The Hall–Kier alpha value is -1.95. The van der Waals surface area contributed by atoms with Crippen LogP contribution in [0.3, 0.4) is 0 Å². The molecule has 2 N–H and O–H groups in total. The van der Waals surface area contributed by atoms with Gasteiger partial charge in [-0.1, -0.05) is 0 Å². The third-order valence-corrected chi connectivity index (χ3v) is 4.34. The van der Waals surface area contributed by atoms with Crippen LogP contribution < -0.4 is 10.6 Å². The van der Waals surface area contributed by atoms with Crippen molar-refractivity contribution in [1.82, 2.24) is 10.2 Å². The van der Waals surface area contributed by atoms with Crippen molar-refractivity contribution in [1.29, 1.82) is 0 Å². The predicted molar refractivity (Wildman–Crippen MR) is 81.3 cm³/mol. The Labute approximate surface area is 128 Å². The molecule has 118 valence electrons. The first kappa shape index (κ1) is 15.0. The van der Waals surface area contributed by atoms with Crippen LogP contribution in [-0.2, 0) is 11.2 Å². The third-order valence-electron chi connectivity index (χ3n) is 4.34. The zero-order valence-corrected chi connectivity index (χ0v) is 12.8. The minimum Gasteiger partial charge on any atom is -0.333 e. The molecule has 2 aliphatic heterocycles. The lowest BCUT2D eigenvalue weighted by atomic mass is 9.98. The van der Waals surface area contributed by atoms with E-state index >= 15 is 0 Å². The van der Waals surface area contributed by atoms with E-state index in [1.807, 2.05) is 13.8 Å². The zero-order valence-electron chi connectivity index (χ0n) is 12.8. The second-order valence-corrected chi connectivity index (χ2v) is 6.15. The average Bonchev–Trinajstić information content (AvgIpc) is 2.48. The maximum Gasteiger partial charge on any atom is 0.257 e. The lowest BCUT2D eigenvalue weighted by Gasteiger charge is -2.37. The molecule has 1 aromatic carbocycles. The number of nitrogens with one attached hydrogen (secondary N) is 2. The van der Waals surface area contributed by atoms with Crippen molar-refractivity contribution in [2.24, 2.45) is 0 Å². The van der Waals surface area contributed by atoms with E-state index in [0.717, 1.165) is 5.56 Å². The molecule has 0 aromatic heterocycles. The van der Waals surface area contributed by atoms with Crippen molar-refractivity contribution >= 4 is 17.5 Å². The molecule has 1 fully saturated rings. The molecule has 2 heterocycles. The van der Waals surface area contributed by atoms with Gasteiger partial charge in [-0.15, -0.1) is 0 Å². The first-order valence-corrected chi connectivity index (χ1v) is 7.62. The van der Waals surface area contributed by atoms with Crippen molar-refractivity contribution < 1.29 is 14.0 Å². The van der Waals surface area contributed by atoms with Gasteiger partial charge in [0.05, 0.1) is 5.56 Å². The number of hydrogen-bond donors (Lipinski definition) is 2. The number of aryl methyl sites for hydroxylation is 1. The first-order valence-electron chi connectivity index (χ1n) is 7.62. The molecule has 2 aliphatic rings. The number of anilines is 1. The molecule has 6 heteroatoms.